The van der Waals surface area contributed by atoms with Crippen LogP contribution in [0.3, 0.4) is 0 Å². The first-order chi connectivity index (χ1) is 8.68. The SMILES string of the molecule is Cc1ncn2c(C)c(-c3ccccn3)[nH]c(=O)c12. The van der Waals surface area contributed by atoms with E-state index in [1.807, 2.05) is 32.0 Å². The molecule has 5 nitrogen and oxygen atoms in total. The number of nitrogens with zero attached hydrogens (tertiary/aromatic N) is 3. The number of imidazole rings is 1. The molecule has 0 saturated carbocycles. The summed E-state index contributed by atoms with van der Waals surface area (Å²) in [5.41, 5.74) is 3.57. The van der Waals surface area contributed by atoms with E-state index < -0.39 is 0 Å². The number of hydrogen-bond acceptors (Lipinski definition) is 3. The predicted octanol–water partition coefficient (Wildman–Crippen LogP) is 1.70. The van der Waals surface area contributed by atoms with Crippen molar-refractivity contribution in [3.63, 3.8) is 0 Å². The molecule has 0 spiro atoms. The third-order valence-corrected chi connectivity index (χ3v) is 3.05. The molecule has 0 aromatic carbocycles. The van der Waals surface area contributed by atoms with Crippen LogP contribution in [-0.2, 0) is 0 Å². The van der Waals surface area contributed by atoms with Crippen molar-refractivity contribution in [2.24, 2.45) is 0 Å². The minimum Gasteiger partial charge on any atom is -0.317 e. The summed E-state index contributed by atoms with van der Waals surface area (Å²) in [4.78, 5) is 23.4. The van der Waals surface area contributed by atoms with Gasteiger partial charge < -0.3 is 4.98 Å². The first-order valence-electron chi connectivity index (χ1n) is 5.66. The van der Waals surface area contributed by atoms with E-state index in [2.05, 4.69) is 15.0 Å². The summed E-state index contributed by atoms with van der Waals surface area (Å²) >= 11 is 0. The Labute approximate surface area is 103 Å². The van der Waals surface area contributed by atoms with E-state index in [1.165, 1.54) is 0 Å². The molecule has 0 saturated heterocycles. The first kappa shape index (κ1) is 10.7. The van der Waals surface area contributed by atoms with Crippen LogP contribution in [0.2, 0.25) is 0 Å². The maximum atomic E-state index is 12.1. The quantitative estimate of drug-likeness (QED) is 0.704. The first-order valence-corrected chi connectivity index (χ1v) is 5.66. The van der Waals surface area contributed by atoms with Gasteiger partial charge in [-0.3, -0.25) is 14.2 Å². The lowest BCUT2D eigenvalue weighted by atomic mass is 10.2. The number of nitrogens with one attached hydrogen (secondary N) is 1. The second kappa shape index (κ2) is 3.80. The largest absolute Gasteiger partial charge is 0.317 e. The smallest absolute Gasteiger partial charge is 0.274 e. The lowest BCUT2D eigenvalue weighted by molar-refractivity contribution is 1.02. The van der Waals surface area contributed by atoms with Gasteiger partial charge >= 0.3 is 0 Å². The van der Waals surface area contributed by atoms with Crippen molar-refractivity contribution in [1.82, 2.24) is 19.4 Å². The Morgan fingerprint density at radius 3 is 2.78 bits per heavy atom. The molecule has 5 heteroatoms. The van der Waals surface area contributed by atoms with Crippen LogP contribution in [0.25, 0.3) is 16.9 Å². The Kier molecular flexibility index (Phi) is 2.26. The summed E-state index contributed by atoms with van der Waals surface area (Å²) in [5.74, 6) is 0. The van der Waals surface area contributed by atoms with Crippen molar-refractivity contribution in [1.29, 1.82) is 0 Å². The molecule has 1 N–H and O–H groups in total. The highest BCUT2D eigenvalue weighted by atomic mass is 16.1. The Morgan fingerprint density at radius 2 is 2.06 bits per heavy atom. The van der Waals surface area contributed by atoms with Crippen molar-refractivity contribution in [2.45, 2.75) is 13.8 Å². The Balaban J connectivity index is 2.40. The van der Waals surface area contributed by atoms with Crippen LogP contribution in [0, 0.1) is 13.8 Å². The Morgan fingerprint density at radius 1 is 1.22 bits per heavy atom. The molecular formula is C13H12N4O. The van der Waals surface area contributed by atoms with Gasteiger partial charge in [0.1, 0.15) is 5.52 Å². The van der Waals surface area contributed by atoms with Gasteiger partial charge in [-0.1, -0.05) is 6.07 Å². The second-order valence-electron chi connectivity index (χ2n) is 4.18. The maximum Gasteiger partial charge on any atom is 0.274 e. The average Bonchev–Trinajstić information content (AvgIpc) is 2.78. The third kappa shape index (κ3) is 1.44. The van der Waals surface area contributed by atoms with E-state index in [-0.39, 0.29) is 5.56 Å². The van der Waals surface area contributed by atoms with Crippen LogP contribution in [0.15, 0.2) is 35.5 Å². The molecule has 3 heterocycles. The van der Waals surface area contributed by atoms with Gasteiger partial charge in [-0.2, -0.15) is 0 Å². The van der Waals surface area contributed by atoms with E-state index in [4.69, 9.17) is 0 Å². The lowest BCUT2D eigenvalue weighted by Crippen LogP contribution is -2.14. The van der Waals surface area contributed by atoms with Crippen LogP contribution in [0.5, 0.6) is 0 Å². The molecule has 0 radical (unpaired) electrons. The Hall–Kier alpha value is -2.43. The molecule has 0 aliphatic heterocycles. The van der Waals surface area contributed by atoms with Crippen LogP contribution in [0.4, 0.5) is 0 Å². The fourth-order valence-electron chi connectivity index (χ4n) is 2.11. The van der Waals surface area contributed by atoms with Crippen LogP contribution >= 0.6 is 0 Å². The molecule has 3 rings (SSSR count). The van der Waals surface area contributed by atoms with Gasteiger partial charge in [0.15, 0.2) is 0 Å². The normalized spacial score (nSPS) is 11.0. The monoisotopic (exact) mass is 240 g/mol. The highest BCUT2D eigenvalue weighted by Gasteiger charge is 2.12. The van der Waals surface area contributed by atoms with Crippen molar-refractivity contribution in [3.8, 4) is 11.4 Å². The molecule has 0 bridgehead atoms. The molecular weight excluding hydrogens is 228 g/mol. The van der Waals surface area contributed by atoms with E-state index >= 15 is 0 Å². The molecule has 90 valence electrons. The minimum absolute atomic E-state index is 0.142. The number of aromatic nitrogens is 4. The van der Waals surface area contributed by atoms with Gasteiger partial charge in [0, 0.05) is 11.9 Å². The number of rotatable bonds is 1. The average molecular weight is 240 g/mol. The van der Waals surface area contributed by atoms with Gasteiger partial charge in [-0.05, 0) is 26.0 Å². The molecule has 0 atom stereocenters. The standard InChI is InChI=1S/C13H12N4O/c1-8-12-13(18)16-11(9(2)17(12)7-15-8)10-5-3-4-6-14-10/h3-7H,1-2H3,(H,16,18). The summed E-state index contributed by atoms with van der Waals surface area (Å²) in [6, 6.07) is 5.61. The number of aromatic amines is 1. The van der Waals surface area contributed by atoms with Gasteiger partial charge in [-0.15, -0.1) is 0 Å². The van der Waals surface area contributed by atoms with Crippen LogP contribution in [-0.4, -0.2) is 19.4 Å². The lowest BCUT2D eigenvalue weighted by Gasteiger charge is -2.07. The van der Waals surface area contributed by atoms with Crippen molar-refractivity contribution in [2.75, 3.05) is 0 Å². The fourth-order valence-corrected chi connectivity index (χ4v) is 2.11. The molecule has 0 aliphatic carbocycles. The molecule has 0 aliphatic rings. The fraction of sp³-hybridized carbons (Fsp3) is 0.154. The summed E-state index contributed by atoms with van der Waals surface area (Å²) in [5, 5.41) is 0. The topological polar surface area (TPSA) is 63.1 Å². The summed E-state index contributed by atoms with van der Waals surface area (Å²) in [6.07, 6.45) is 3.37. The molecule has 18 heavy (non-hydrogen) atoms. The summed E-state index contributed by atoms with van der Waals surface area (Å²) in [7, 11) is 0. The van der Waals surface area contributed by atoms with E-state index in [0.717, 1.165) is 22.8 Å². The van der Waals surface area contributed by atoms with Crippen LogP contribution in [0.1, 0.15) is 11.4 Å². The molecule has 3 aromatic heterocycles. The van der Waals surface area contributed by atoms with Gasteiger partial charge in [0.25, 0.3) is 5.56 Å². The maximum absolute atomic E-state index is 12.1. The number of fused-ring (bicyclic) bond motifs is 1. The minimum atomic E-state index is -0.142. The summed E-state index contributed by atoms with van der Waals surface area (Å²) in [6.45, 7) is 3.76. The van der Waals surface area contributed by atoms with Crippen molar-refractivity contribution in [3.05, 3.63) is 52.5 Å². The third-order valence-electron chi connectivity index (χ3n) is 3.05. The number of hydrogen-bond donors (Lipinski definition) is 1. The van der Waals surface area contributed by atoms with Crippen LogP contribution < -0.4 is 5.56 Å². The van der Waals surface area contributed by atoms with Gasteiger partial charge in [0.05, 0.1) is 23.4 Å². The van der Waals surface area contributed by atoms with Crippen molar-refractivity contribution >= 4 is 5.52 Å². The zero-order valence-corrected chi connectivity index (χ0v) is 10.1. The molecule has 3 aromatic rings. The van der Waals surface area contributed by atoms with E-state index in [1.54, 1.807) is 16.9 Å². The number of H-pyrrole nitrogens is 1. The number of pyridine rings is 1. The highest BCUT2D eigenvalue weighted by molar-refractivity contribution is 5.61. The predicted molar refractivity (Wildman–Crippen MR) is 68.5 cm³/mol. The number of aryl methyl sites for hydroxylation is 2. The second-order valence-corrected chi connectivity index (χ2v) is 4.18. The van der Waals surface area contributed by atoms with Gasteiger partial charge in [0.2, 0.25) is 0 Å². The molecule has 0 amide bonds. The summed E-state index contributed by atoms with van der Waals surface area (Å²) < 4.78 is 1.80. The van der Waals surface area contributed by atoms with E-state index in [9.17, 15) is 4.79 Å². The zero-order valence-electron chi connectivity index (χ0n) is 10.1. The van der Waals surface area contributed by atoms with Crippen molar-refractivity contribution < 1.29 is 0 Å². The highest BCUT2D eigenvalue weighted by Crippen LogP contribution is 2.18. The van der Waals surface area contributed by atoms with E-state index in [0.29, 0.717) is 5.52 Å². The van der Waals surface area contributed by atoms with Gasteiger partial charge in [-0.25, -0.2) is 4.98 Å². The Bertz CT molecular complexity index is 771. The molecule has 0 fully saturated rings. The zero-order chi connectivity index (χ0) is 12.7. The molecule has 0 unspecified atom stereocenters.